The number of hydrogen-bond acceptors (Lipinski definition) is 8. The summed E-state index contributed by atoms with van der Waals surface area (Å²) in [5, 5.41) is 1.95. The molecule has 9 nitrogen and oxygen atoms in total. The van der Waals surface area contributed by atoms with Crippen molar-refractivity contribution >= 4 is 52.2 Å². The number of thioether (sulfide) groups is 1. The Balaban J connectivity index is 1.28. The van der Waals surface area contributed by atoms with E-state index < -0.39 is 52.9 Å². The van der Waals surface area contributed by atoms with Crippen molar-refractivity contribution in [1.82, 2.24) is 4.98 Å². The largest absolute Gasteiger partial charge is 0.493 e. The van der Waals surface area contributed by atoms with Crippen molar-refractivity contribution in [3.63, 3.8) is 0 Å². The van der Waals surface area contributed by atoms with Crippen LogP contribution in [0.1, 0.15) is 27.5 Å². The minimum absolute atomic E-state index is 0.125. The monoisotopic (exact) mass is 655 g/mol. The molecule has 2 N–H and O–H groups in total. The maximum absolute atomic E-state index is 13.9. The highest BCUT2D eigenvalue weighted by atomic mass is 32.2. The molecular weight excluding hydrogens is 631 g/mol. The zero-order valence-electron chi connectivity index (χ0n) is 23.6. The van der Waals surface area contributed by atoms with E-state index in [2.05, 4.69) is 10.3 Å². The second-order valence-electron chi connectivity index (χ2n) is 10.4. The number of nitrogens with one attached hydrogen (secondary N) is 2. The standard InChI is InChI=1S/C31H24F3N3O6S2/c1-15-7-10-17(11-8-15)37-28(39)24-23(25-27(36-30(41)45-25)44-26(24)29(37)40)16-9-12-20(21(13-16)42-2)43-14-22(38)35-19-6-4-3-5-18(19)31(32,33)34/h3-13,23-24,26H,14H2,1-2H3,(H,35,38)(H,36,41)/t23-,24?,26?/m1/s1. The van der Waals surface area contributed by atoms with Crippen LogP contribution in [0.2, 0.25) is 0 Å². The van der Waals surface area contributed by atoms with Gasteiger partial charge in [0.15, 0.2) is 18.1 Å². The smallest absolute Gasteiger partial charge is 0.418 e. The summed E-state index contributed by atoms with van der Waals surface area (Å²) in [6, 6.07) is 16.4. The highest BCUT2D eigenvalue weighted by Gasteiger charge is 2.56. The van der Waals surface area contributed by atoms with Gasteiger partial charge in [0.2, 0.25) is 11.8 Å². The lowest BCUT2D eigenvalue weighted by Gasteiger charge is -2.30. The van der Waals surface area contributed by atoms with E-state index in [-0.39, 0.29) is 22.3 Å². The van der Waals surface area contributed by atoms with Gasteiger partial charge < -0.3 is 19.8 Å². The van der Waals surface area contributed by atoms with Crippen molar-refractivity contribution in [1.29, 1.82) is 0 Å². The number of fused-ring (bicyclic) bond motifs is 2. The molecule has 6 rings (SSSR count). The Hall–Kier alpha value is -4.56. The number of carbonyl (C=O) groups is 3. The molecule has 0 saturated carbocycles. The zero-order chi connectivity index (χ0) is 32.0. The third kappa shape index (κ3) is 5.71. The van der Waals surface area contributed by atoms with Crippen molar-refractivity contribution < 1.29 is 37.0 Å². The second kappa shape index (κ2) is 11.7. The van der Waals surface area contributed by atoms with Gasteiger partial charge in [-0.05, 0) is 48.9 Å². The molecule has 1 fully saturated rings. The highest BCUT2D eigenvalue weighted by molar-refractivity contribution is 8.00. The first-order chi connectivity index (χ1) is 21.5. The number of carbonyl (C=O) groups excluding carboxylic acids is 3. The average molecular weight is 656 g/mol. The first-order valence-electron chi connectivity index (χ1n) is 13.6. The maximum Gasteiger partial charge on any atom is 0.418 e. The lowest BCUT2D eigenvalue weighted by molar-refractivity contribution is -0.137. The molecule has 0 spiro atoms. The quantitative estimate of drug-likeness (QED) is 0.250. The van der Waals surface area contributed by atoms with Crippen molar-refractivity contribution in [2.75, 3.05) is 23.9 Å². The summed E-state index contributed by atoms with van der Waals surface area (Å²) in [6.07, 6.45) is -4.66. The van der Waals surface area contributed by atoms with Gasteiger partial charge in [0.25, 0.3) is 5.91 Å². The molecule has 3 amide bonds. The van der Waals surface area contributed by atoms with Crippen LogP contribution in [0.3, 0.4) is 0 Å². The number of para-hydroxylation sites is 1. The number of imide groups is 1. The van der Waals surface area contributed by atoms with Gasteiger partial charge >= 0.3 is 11.0 Å². The Morgan fingerprint density at radius 1 is 1.00 bits per heavy atom. The number of ether oxygens (including phenoxy) is 2. The van der Waals surface area contributed by atoms with Crippen LogP contribution in [0.15, 0.2) is 76.6 Å². The topological polar surface area (TPSA) is 118 Å². The number of methoxy groups -OCH3 is 1. The van der Waals surface area contributed by atoms with Crippen LogP contribution >= 0.6 is 23.1 Å². The molecule has 1 saturated heterocycles. The summed E-state index contributed by atoms with van der Waals surface area (Å²) in [4.78, 5) is 56.7. The minimum atomic E-state index is -4.66. The van der Waals surface area contributed by atoms with Crippen LogP contribution in [0.25, 0.3) is 0 Å². The molecule has 3 aromatic carbocycles. The van der Waals surface area contributed by atoms with E-state index in [1.165, 1.54) is 30.2 Å². The van der Waals surface area contributed by atoms with E-state index >= 15 is 0 Å². The molecule has 0 bridgehead atoms. The van der Waals surface area contributed by atoms with Crippen LogP contribution in [0.5, 0.6) is 11.5 Å². The molecule has 2 aliphatic rings. The van der Waals surface area contributed by atoms with Crippen LogP contribution in [0, 0.1) is 12.8 Å². The molecule has 2 unspecified atom stereocenters. The number of thiazole rings is 1. The van der Waals surface area contributed by atoms with Gasteiger partial charge in [-0.2, -0.15) is 13.2 Å². The number of amides is 3. The summed E-state index contributed by atoms with van der Waals surface area (Å²) in [5.74, 6) is -2.79. The van der Waals surface area contributed by atoms with Gasteiger partial charge in [0.05, 0.1) is 35.0 Å². The summed E-state index contributed by atoms with van der Waals surface area (Å²) in [6.45, 7) is 1.28. The summed E-state index contributed by atoms with van der Waals surface area (Å²) >= 11 is 2.12. The van der Waals surface area contributed by atoms with Gasteiger partial charge in [-0.1, -0.05) is 59.0 Å². The molecule has 1 aromatic heterocycles. The molecule has 232 valence electrons. The Labute approximate surface area is 262 Å². The average Bonchev–Trinajstić information content (AvgIpc) is 3.50. The van der Waals surface area contributed by atoms with Gasteiger partial charge in [0, 0.05) is 10.8 Å². The summed E-state index contributed by atoms with van der Waals surface area (Å²) < 4.78 is 51.1. The van der Waals surface area contributed by atoms with E-state index in [4.69, 9.17) is 9.47 Å². The van der Waals surface area contributed by atoms with Crippen molar-refractivity contribution in [3.05, 3.63) is 98.0 Å². The fourth-order valence-electron chi connectivity index (χ4n) is 5.49. The third-order valence-corrected chi connectivity index (χ3v) is 9.93. The zero-order valence-corrected chi connectivity index (χ0v) is 25.3. The fraction of sp³-hybridized carbons (Fsp3) is 0.226. The summed E-state index contributed by atoms with van der Waals surface area (Å²) in [7, 11) is 1.37. The molecule has 3 atom stereocenters. The number of benzene rings is 3. The molecule has 0 radical (unpaired) electrons. The number of aryl methyl sites for hydroxylation is 1. The van der Waals surface area contributed by atoms with Gasteiger partial charge in [-0.15, -0.1) is 0 Å². The third-order valence-electron chi connectivity index (χ3n) is 7.53. The van der Waals surface area contributed by atoms with E-state index in [0.29, 0.717) is 21.2 Å². The SMILES string of the molecule is COc1cc([C@H]2c3sc(=O)[nH]c3SC3C(=O)N(c4ccc(C)cc4)C(=O)C32)ccc1OCC(=O)Nc1ccccc1C(F)(F)F. The molecule has 4 aromatic rings. The Morgan fingerprint density at radius 3 is 2.44 bits per heavy atom. The van der Waals surface area contributed by atoms with Crippen LogP contribution in [-0.4, -0.2) is 41.7 Å². The highest BCUT2D eigenvalue weighted by Crippen LogP contribution is 2.53. The Bertz CT molecular complexity index is 1870. The predicted octanol–water partition coefficient (Wildman–Crippen LogP) is 5.59. The number of anilines is 2. The predicted molar refractivity (Wildman–Crippen MR) is 162 cm³/mol. The molecule has 45 heavy (non-hydrogen) atoms. The van der Waals surface area contributed by atoms with E-state index in [0.717, 1.165) is 40.8 Å². The first kappa shape index (κ1) is 30.5. The van der Waals surface area contributed by atoms with E-state index in [9.17, 15) is 32.3 Å². The summed E-state index contributed by atoms with van der Waals surface area (Å²) in [5.41, 5.74) is 0.610. The lowest BCUT2D eigenvalue weighted by Crippen LogP contribution is -2.32. The Morgan fingerprint density at radius 2 is 1.73 bits per heavy atom. The fourth-order valence-corrected chi connectivity index (χ4v) is 8.01. The van der Waals surface area contributed by atoms with Gasteiger partial charge in [-0.3, -0.25) is 19.2 Å². The van der Waals surface area contributed by atoms with E-state index in [1.807, 2.05) is 19.1 Å². The normalized spacial score (nSPS) is 19.2. The van der Waals surface area contributed by atoms with Crippen LogP contribution < -0.4 is 24.6 Å². The molecule has 0 aliphatic carbocycles. The van der Waals surface area contributed by atoms with Gasteiger partial charge in [0.1, 0.15) is 5.25 Å². The lowest BCUT2D eigenvalue weighted by atomic mass is 9.83. The molecule has 3 heterocycles. The first-order valence-corrected chi connectivity index (χ1v) is 15.3. The Kier molecular flexibility index (Phi) is 7.95. The number of aromatic amines is 1. The minimum Gasteiger partial charge on any atom is -0.493 e. The number of alkyl halides is 3. The maximum atomic E-state index is 13.9. The molecule has 2 aliphatic heterocycles. The molecular formula is C31H24F3N3O6S2. The molecule has 14 heteroatoms. The number of rotatable bonds is 7. The number of H-pyrrole nitrogens is 1. The van der Waals surface area contributed by atoms with Crippen LogP contribution in [0.4, 0.5) is 24.5 Å². The number of hydrogen-bond donors (Lipinski definition) is 2. The van der Waals surface area contributed by atoms with Gasteiger partial charge in [-0.25, -0.2) is 4.90 Å². The van der Waals surface area contributed by atoms with Crippen LogP contribution in [-0.2, 0) is 20.6 Å². The number of halogens is 3. The van der Waals surface area contributed by atoms with Crippen molar-refractivity contribution in [3.8, 4) is 11.5 Å². The number of aromatic nitrogens is 1. The second-order valence-corrected chi connectivity index (χ2v) is 12.6. The number of nitrogens with zero attached hydrogens (tertiary/aromatic N) is 1. The van der Waals surface area contributed by atoms with Crippen molar-refractivity contribution in [2.45, 2.75) is 29.3 Å². The van der Waals surface area contributed by atoms with E-state index in [1.54, 1.807) is 24.3 Å². The van der Waals surface area contributed by atoms with Crippen molar-refractivity contribution in [2.24, 2.45) is 5.92 Å².